The Balaban J connectivity index is 1.63. The first-order valence-corrected chi connectivity index (χ1v) is 11.9. The number of halogens is 1. The average Bonchev–Trinajstić information content (AvgIpc) is 2.88. The van der Waals surface area contributed by atoms with Gasteiger partial charge in [0.05, 0.1) is 38.1 Å². The van der Waals surface area contributed by atoms with E-state index < -0.39 is 18.0 Å². The largest absolute Gasteiger partial charge is 0.493 e. The number of nitrogens with zero attached hydrogens (tertiary/aromatic N) is 2. The number of hydrogen-bond acceptors (Lipinski definition) is 7. The van der Waals surface area contributed by atoms with Crippen LogP contribution in [0.25, 0.3) is 0 Å². The summed E-state index contributed by atoms with van der Waals surface area (Å²) in [5.41, 5.74) is 1.92. The Morgan fingerprint density at radius 1 is 1.06 bits per heavy atom. The summed E-state index contributed by atoms with van der Waals surface area (Å²) < 4.78 is 30.6. The second kappa shape index (κ2) is 11.3. The van der Waals surface area contributed by atoms with Crippen molar-refractivity contribution in [2.75, 3.05) is 58.5 Å². The van der Waals surface area contributed by atoms with Gasteiger partial charge in [0.1, 0.15) is 5.82 Å². The number of benzene rings is 2. The quantitative estimate of drug-likeness (QED) is 0.541. The highest BCUT2D eigenvalue weighted by Gasteiger charge is 2.36. The molecule has 2 aliphatic rings. The van der Waals surface area contributed by atoms with Crippen molar-refractivity contribution in [3.63, 3.8) is 0 Å². The number of rotatable bonds is 8. The van der Waals surface area contributed by atoms with Gasteiger partial charge < -0.3 is 29.7 Å². The fraction of sp³-hybridized carbons (Fsp3) is 0.385. The molecular weight excluding hydrogens is 467 g/mol. The van der Waals surface area contributed by atoms with Crippen LogP contribution in [-0.2, 0) is 9.53 Å². The molecule has 2 N–H and O–H groups in total. The Kier molecular flexibility index (Phi) is 7.94. The standard InChI is InChI=1S/C26H31FN4O5/c1-4-36-25(32)22-19(16-30-12-14-31(15-13-30)20-10-6-5-9-18(20)27)28-26(33)29-23(22)17-8-7-11-21(34-2)24(17)35-3/h5-11,23H,4,12-16H2,1-3H3,(H2,28,29,33). The third-order valence-corrected chi connectivity index (χ3v) is 6.34. The van der Waals surface area contributed by atoms with E-state index in [1.165, 1.54) is 20.3 Å². The highest BCUT2D eigenvalue weighted by atomic mass is 19.1. The first kappa shape index (κ1) is 25.3. The lowest BCUT2D eigenvalue weighted by molar-refractivity contribution is -0.139. The maximum Gasteiger partial charge on any atom is 0.338 e. The van der Waals surface area contributed by atoms with E-state index in [-0.39, 0.29) is 12.4 Å². The van der Waals surface area contributed by atoms with Crippen LogP contribution in [0.4, 0.5) is 14.9 Å². The van der Waals surface area contributed by atoms with Crippen LogP contribution in [0, 0.1) is 5.82 Å². The Morgan fingerprint density at radius 2 is 1.81 bits per heavy atom. The van der Waals surface area contributed by atoms with Gasteiger partial charge in [-0.05, 0) is 25.1 Å². The number of carbonyl (C=O) groups is 2. The molecule has 1 unspecified atom stereocenters. The minimum absolute atomic E-state index is 0.187. The highest BCUT2D eigenvalue weighted by molar-refractivity contribution is 5.95. The number of hydrogen-bond donors (Lipinski definition) is 2. The summed E-state index contributed by atoms with van der Waals surface area (Å²) in [5, 5.41) is 5.65. The molecule has 2 aliphatic heterocycles. The highest BCUT2D eigenvalue weighted by Crippen LogP contribution is 2.39. The number of methoxy groups -OCH3 is 2. The number of esters is 1. The monoisotopic (exact) mass is 498 g/mol. The van der Waals surface area contributed by atoms with Crippen molar-refractivity contribution >= 4 is 17.7 Å². The molecule has 0 radical (unpaired) electrons. The number of ether oxygens (including phenoxy) is 3. The molecule has 1 fully saturated rings. The summed E-state index contributed by atoms with van der Waals surface area (Å²) in [4.78, 5) is 30.0. The van der Waals surface area contributed by atoms with Crippen molar-refractivity contribution in [2.45, 2.75) is 13.0 Å². The van der Waals surface area contributed by atoms with E-state index in [0.29, 0.717) is 66.7 Å². The fourth-order valence-corrected chi connectivity index (χ4v) is 4.64. The molecule has 0 aromatic heterocycles. The number of amides is 2. The molecule has 0 spiro atoms. The van der Waals surface area contributed by atoms with Crippen LogP contribution in [-0.4, -0.2) is 70.5 Å². The molecule has 2 aromatic carbocycles. The minimum Gasteiger partial charge on any atom is -0.493 e. The van der Waals surface area contributed by atoms with Gasteiger partial charge in [0, 0.05) is 44.0 Å². The zero-order chi connectivity index (χ0) is 25.7. The van der Waals surface area contributed by atoms with E-state index >= 15 is 0 Å². The first-order chi connectivity index (χ1) is 17.5. The van der Waals surface area contributed by atoms with Gasteiger partial charge in [0.15, 0.2) is 11.5 Å². The van der Waals surface area contributed by atoms with Crippen molar-refractivity contribution in [3.05, 3.63) is 65.1 Å². The third kappa shape index (κ3) is 5.23. The van der Waals surface area contributed by atoms with Crippen molar-refractivity contribution in [2.24, 2.45) is 0 Å². The van der Waals surface area contributed by atoms with Crippen molar-refractivity contribution in [3.8, 4) is 11.5 Å². The normalized spacial score (nSPS) is 18.4. The molecular formula is C26H31FN4O5. The maximum absolute atomic E-state index is 14.2. The van der Waals surface area contributed by atoms with Crippen LogP contribution in [0.15, 0.2) is 53.7 Å². The van der Waals surface area contributed by atoms with E-state index in [2.05, 4.69) is 15.5 Å². The second-order valence-corrected chi connectivity index (χ2v) is 8.44. The van der Waals surface area contributed by atoms with Gasteiger partial charge in [-0.15, -0.1) is 0 Å². The lowest BCUT2D eigenvalue weighted by atomic mass is 9.93. The van der Waals surface area contributed by atoms with Crippen LogP contribution in [0.2, 0.25) is 0 Å². The molecule has 4 rings (SSSR count). The molecule has 2 heterocycles. The third-order valence-electron chi connectivity index (χ3n) is 6.34. The Morgan fingerprint density at radius 3 is 2.47 bits per heavy atom. The lowest BCUT2D eigenvalue weighted by Crippen LogP contribution is -2.52. The SMILES string of the molecule is CCOC(=O)C1=C(CN2CCN(c3ccccc3F)CC2)NC(=O)NC1c1cccc(OC)c1OC. The average molecular weight is 499 g/mol. The molecule has 1 saturated heterocycles. The molecule has 0 bridgehead atoms. The number of anilines is 1. The van der Waals surface area contributed by atoms with E-state index in [1.807, 2.05) is 11.0 Å². The van der Waals surface area contributed by atoms with Crippen LogP contribution in [0.5, 0.6) is 11.5 Å². The van der Waals surface area contributed by atoms with Gasteiger partial charge in [0.2, 0.25) is 0 Å². The number of para-hydroxylation sites is 2. The predicted molar refractivity (Wildman–Crippen MR) is 133 cm³/mol. The minimum atomic E-state index is -0.794. The summed E-state index contributed by atoms with van der Waals surface area (Å²) in [6.07, 6.45) is 0. The van der Waals surface area contributed by atoms with Crippen molar-refractivity contribution < 1.29 is 28.2 Å². The summed E-state index contributed by atoms with van der Waals surface area (Å²) >= 11 is 0. The van der Waals surface area contributed by atoms with Crippen LogP contribution in [0.3, 0.4) is 0 Å². The van der Waals surface area contributed by atoms with Crippen LogP contribution < -0.4 is 25.0 Å². The molecule has 0 saturated carbocycles. The zero-order valence-electron chi connectivity index (χ0n) is 20.7. The molecule has 2 aromatic rings. The summed E-state index contributed by atoms with van der Waals surface area (Å²) in [5.74, 6) is 0.127. The molecule has 36 heavy (non-hydrogen) atoms. The Hall–Kier alpha value is -3.79. The van der Waals surface area contributed by atoms with Crippen LogP contribution >= 0.6 is 0 Å². The fourth-order valence-electron chi connectivity index (χ4n) is 4.64. The Labute approximate surface area is 209 Å². The van der Waals surface area contributed by atoms with Gasteiger partial charge in [-0.3, -0.25) is 4.90 Å². The van der Waals surface area contributed by atoms with Gasteiger partial charge in [-0.2, -0.15) is 0 Å². The molecule has 9 nitrogen and oxygen atoms in total. The van der Waals surface area contributed by atoms with Crippen LogP contribution in [0.1, 0.15) is 18.5 Å². The summed E-state index contributed by atoms with van der Waals surface area (Å²) in [6, 6.07) is 10.8. The van der Waals surface area contributed by atoms with E-state index in [1.54, 1.807) is 37.3 Å². The topological polar surface area (TPSA) is 92.4 Å². The van der Waals surface area contributed by atoms with Crippen molar-refractivity contribution in [1.82, 2.24) is 15.5 Å². The van der Waals surface area contributed by atoms with E-state index in [9.17, 15) is 14.0 Å². The van der Waals surface area contributed by atoms with Gasteiger partial charge >= 0.3 is 12.0 Å². The first-order valence-electron chi connectivity index (χ1n) is 11.9. The van der Waals surface area contributed by atoms with E-state index in [0.717, 1.165) is 0 Å². The second-order valence-electron chi connectivity index (χ2n) is 8.44. The predicted octanol–water partition coefficient (Wildman–Crippen LogP) is 2.84. The number of piperazine rings is 1. The molecule has 2 amide bonds. The van der Waals surface area contributed by atoms with Gasteiger partial charge in [-0.1, -0.05) is 24.3 Å². The molecule has 10 heteroatoms. The van der Waals surface area contributed by atoms with Gasteiger partial charge in [0.25, 0.3) is 0 Å². The smallest absolute Gasteiger partial charge is 0.338 e. The van der Waals surface area contributed by atoms with Crippen molar-refractivity contribution in [1.29, 1.82) is 0 Å². The van der Waals surface area contributed by atoms with Gasteiger partial charge in [-0.25, -0.2) is 14.0 Å². The summed E-state index contributed by atoms with van der Waals surface area (Å²) in [6.45, 7) is 4.73. The zero-order valence-corrected chi connectivity index (χ0v) is 20.7. The Bertz CT molecular complexity index is 1150. The molecule has 192 valence electrons. The lowest BCUT2D eigenvalue weighted by Gasteiger charge is -2.38. The molecule has 1 atom stereocenters. The maximum atomic E-state index is 14.2. The number of carbonyl (C=O) groups excluding carboxylic acids is 2. The van der Waals surface area contributed by atoms with E-state index in [4.69, 9.17) is 14.2 Å². The summed E-state index contributed by atoms with van der Waals surface area (Å²) in [7, 11) is 3.03. The molecule has 0 aliphatic carbocycles. The number of urea groups is 1. The number of nitrogens with one attached hydrogen (secondary N) is 2.